The van der Waals surface area contributed by atoms with Crippen LogP contribution in [0.3, 0.4) is 0 Å². The summed E-state index contributed by atoms with van der Waals surface area (Å²) in [5.74, 6) is -0.239. The maximum Gasteiger partial charge on any atom is 0.277 e. The van der Waals surface area contributed by atoms with Crippen LogP contribution in [-0.4, -0.2) is 66.4 Å². The van der Waals surface area contributed by atoms with Gasteiger partial charge in [-0.1, -0.05) is 31.7 Å². The molecule has 0 radical (unpaired) electrons. The largest absolute Gasteiger partial charge is 0.411 e. The van der Waals surface area contributed by atoms with E-state index in [1.807, 2.05) is 13.8 Å². The van der Waals surface area contributed by atoms with Crippen LogP contribution in [0.25, 0.3) is 11.5 Å². The predicted octanol–water partition coefficient (Wildman–Crippen LogP) is 1.90. The highest BCUT2D eigenvalue weighted by atomic mass is 32.2. The molecule has 0 bridgehead atoms. The van der Waals surface area contributed by atoms with E-state index in [-0.39, 0.29) is 33.6 Å². The van der Waals surface area contributed by atoms with Crippen molar-refractivity contribution in [3.8, 4) is 17.5 Å². The molecule has 1 atom stereocenters. The molecule has 1 fully saturated rings. The lowest BCUT2D eigenvalue weighted by atomic mass is 9.90. The third kappa shape index (κ3) is 5.47. The van der Waals surface area contributed by atoms with Crippen LogP contribution in [0.4, 0.5) is 0 Å². The quantitative estimate of drug-likeness (QED) is 0.562. The van der Waals surface area contributed by atoms with Crippen LogP contribution in [-0.2, 0) is 19.6 Å². The number of rotatable bonds is 8. The number of benzene rings is 1. The zero-order chi connectivity index (χ0) is 23.4. The summed E-state index contributed by atoms with van der Waals surface area (Å²) in [6.45, 7) is 6.71. The number of carbonyl (C=O) groups is 1. The van der Waals surface area contributed by atoms with Crippen LogP contribution in [0.15, 0.2) is 38.8 Å². The molecule has 2 heterocycles. The standard InChI is InChI=1S/C20H25N5O5S2/c1-14(2)20(3,13-21)22-17(26)12-31-19-24-23-18(30-19)15-5-4-6-16(11-15)32(27,28)25-7-9-29-10-8-25/h4-6,11,14H,7-10,12H2,1-3H3,(H,22,26)/t20-/m0/s1. The van der Waals surface area contributed by atoms with E-state index in [0.717, 1.165) is 11.8 Å². The van der Waals surface area contributed by atoms with Crippen molar-refractivity contribution in [1.29, 1.82) is 5.26 Å². The molecule has 0 unspecified atom stereocenters. The Labute approximate surface area is 191 Å². The predicted molar refractivity (Wildman–Crippen MR) is 117 cm³/mol. The first-order chi connectivity index (χ1) is 15.2. The number of sulfonamides is 1. The lowest BCUT2D eigenvalue weighted by Crippen LogP contribution is -2.49. The SMILES string of the molecule is CC(C)[C@](C)(C#N)NC(=O)CSc1nnc(-c2cccc(S(=O)(=O)N3CCOCC3)c2)o1. The molecule has 1 aliphatic rings. The molecule has 32 heavy (non-hydrogen) atoms. The second-order valence-electron chi connectivity index (χ2n) is 7.72. The summed E-state index contributed by atoms with van der Waals surface area (Å²) < 4.78 is 38.0. The van der Waals surface area contributed by atoms with Gasteiger partial charge in [0, 0.05) is 18.7 Å². The molecule has 1 N–H and O–H groups in total. The number of hydrogen-bond donors (Lipinski definition) is 1. The molecular formula is C20H25N5O5S2. The summed E-state index contributed by atoms with van der Waals surface area (Å²) in [5.41, 5.74) is -0.510. The molecule has 172 valence electrons. The van der Waals surface area contributed by atoms with Gasteiger partial charge in [0.25, 0.3) is 5.22 Å². The molecule has 10 nitrogen and oxygen atoms in total. The van der Waals surface area contributed by atoms with Crippen molar-refractivity contribution in [3.05, 3.63) is 24.3 Å². The fraction of sp³-hybridized carbons (Fsp3) is 0.500. The number of ether oxygens (including phenoxy) is 1. The van der Waals surface area contributed by atoms with Gasteiger partial charge in [0.1, 0.15) is 5.54 Å². The molecule has 1 amide bonds. The van der Waals surface area contributed by atoms with E-state index in [9.17, 15) is 18.5 Å². The van der Waals surface area contributed by atoms with Crippen molar-refractivity contribution in [2.45, 2.75) is 36.4 Å². The lowest BCUT2D eigenvalue weighted by molar-refractivity contribution is -0.120. The second-order valence-corrected chi connectivity index (χ2v) is 10.6. The van der Waals surface area contributed by atoms with E-state index in [0.29, 0.717) is 31.9 Å². The minimum atomic E-state index is -3.66. The molecular weight excluding hydrogens is 454 g/mol. The fourth-order valence-electron chi connectivity index (χ4n) is 2.86. The topological polar surface area (TPSA) is 138 Å². The van der Waals surface area contributed by atoms with Gasteiger partial charge < -0.3 is 14.5 Å². The van der Waals surface area contributed by atoms with E-state index >= 15 is 0 Å². The molecule has 2 aromatic rings. The van der Waals surface area contributed by atoms with Crippen molar-refractivity contribution in [1.82, 2.24) is 19.8 Å². The second kappa shape index (κ2) is 9.99. The van der Waals surface area contributed by atoms with Crippen molar-refractivity contribution in [2.24, 2.45) is 5.92 Å². The molecule has 3 rings (SSSR count). The van der Waals surface area contributed by atoms with Gasteiger partial charge in [0.15, 0.2) is 0 Å². The highest BCUT2D eigenvalue weighted by Crippen LogP contribution is 2.26. The first-order valence-electron chi connectivity index (χ1n) is 10.0. The third-order valence-corrected chi connectivity index (χ3v) is 7.92. The average Bonchev–Trinajstić information content (AvgIpc) is 3.27. The molecule has 12 heteroatoms. The van der Waals surface area contributed by atoms with Crippen molar-refractivity contribution >= 4 is 27.7 Å². The van der Waals surface area contributed by atoms with Crippen LogP contribution in [0, 0.1) is 17.2 Å². The zero-order valence-corrected chi connectivity index (χ0v) is 19.7. The van der Waals surface area contributed by atoms with Gasteiger partial charge in [-0.05, 0) is 31.0 Å². The van der Waals surface area contributed by atoms with Gasteiger partial charge in [-0.2, -0.15) is 9.57 Å². The summed E-state index contributed by atoms with van der Waals surface area (Å²) in [4.78, 5) is 12.4. The normalized spacial score (nSPS) is 17.0. The van der Waals surface area contributed by atoms with Crippen LogP contribution >= 0.6 is 11.8 Å². The zero-order valence-electron chi connectivity index (χ0n) is 18.1. The maximum atomic E-state index is 12.9. The minimum Gasteiger partial charge on any atom is -0.411 e. The van der Waals surface area contributed by atoms with Crippen molar-refractivity contribution < 1.29 is 22.4 Å². The van der Waals surface area contributed by atoms with E-state index < -0.39 is 15.6 Å². The minimum absolute atomic E-state index is 0.00290. The molecule has 0 aliphatic carbocycles. The van der Waals surface area contributed by atoms with Gasteiger partial charge in [-0.3, -0.25) is 4.79 Å². The number of nitriles is 1. The summed E-state index contributed by atoms with van der Waals surface area (Å²) in [6.07, 6.45) is 0. The Balaban J connectivity index is 1.68. The lowest BCUT2D eigenvalue weighted by Gasteiger charge is -2.27. The van der Waals surface area contributed by atoms with Crippen molar-refractivity contribution in [2.75, 3.05) is 32.1 Å². The van der Waals surface area contributed by atoms with E-state index in [2.05, 4.69) is 21.6 Å². The number of nitrogens with zero attached hydrogens (tertiary/aromatic N) is 4. The number of carbonyl (C=O) groups excluding carboxylic acids is 1. The first-order valence-corrected chi connectivity index (χ1v) is 12.4. The number of thioether (sulfide) groups is 1. The Kier molecular flexibility index (Phi) is 7.55. The Morgan fingerprint density at radius 1 is 1.34 bits per heavy atom. The Morgan fingerprint density at radius 3 is 2.72 bits per heavy atom. The smallest absolute Gasteiger partial charge is 0.277 e. The Bertz CT molecular complexity index is 1110. The molecule has 1 aromatic carbocycles. The average molecular weight is 480 g/mol. The Hall–Kier alpha value is -2.46. The monoisotopic (exact) mass is 479 g/mol. The third-order valence-electron chi connectivity index (χ3n) is 5.21. The number of hydrogen-bond acceptors (Lipinski definition) is 9. The fourth-order valence-corrected chi connectivity index (χ4v) is 4.88. The number of nitrogens with one attached hydrogen (secondary N) is 1. The van der Waals surface area contributed by atoms with Gasteiger partial charge in [-0.15, -0.1) is 10.2 Å². The van der Waals surface area contributed by atoms with Gasteiger partial charge in [0.05, 0.1) is 29.9 Å². The molecule has 1 aliphatic heterocycles. The summed E-state index contributed by atoms with van der Waals surface area (Å²) >= 11 is 1.04. The molecule has 0 saturated carbocycles. The van der Waals surface area contributed by atoms with Gasteiger partial charge in [-0.25, -0.2) is 8.42 Å². The number of amides is 1. The van der Waals surface area contributed by atoms with Crippen LogP contribution in [0.2, 0.25) is 0 Å². The molecule has 1 aromatic heterocycles. The number of aromatic nitrogens is 2. The van der Waals surface area contributed by atoms with E-state index in [4.69, 9.17) is 9.15 Å². The van der Waals surface area contributed by atoms with Gasteiger partial charge in [0.2, 0.25) is 21.8 Å². The summed E-state index contributed by atoms with van der Waals surface area (Å²) in [7, 11) is -3.66. The summed E-state index contributed by atoms with van der Waals surface area (Å²) in [6, 6.07) is 8.41. The van der Waals surface area contributed by atoms with Crippen molar-refractivity contribution in [3.63, 3.8) is 0 Å². The van der Waals surface area contributed by atoms with Gasteiger partial charge >= 0.3 is 0 Å². The first kappa shape index (κ1) is 24.2. The number of morpholine rings is 1. The highest BCUT2D eigenvalue weighted by molar-refractivity contribution is 7.99. The molecule has 0 spiro atoms. The maximum absolute atomic E-state index is 12.9. The molecule has 1 saturated heterocycles. The van der Waals surface area contributed by atoms with Crippen LogP contribution in [0.1, 0.15) is 20.8 Å². The highest BCUT2D eigenvalue weighted by Gasteiger charge is 2.30. The van der Waals surface area contributed by atoms with E-state index in [1.54, 1.807) is 19.1 Å². The van der Waals surface area contributed by atoms with Crippen LogP contribution < -0.4 is 5.32 Å². The Morgan fingerprint density at radius 2 is 2.06 bits per heavy atom. The summed E-state index contributed by atoms with van der Waals surface area (Å²) in [5, 5.41) is 20.1. The van der Waals surface area contributed by atoms with Crippen LogP contribution in [0.5, 0.6) is 0 Å². The van der Waals surface area contributed by atoms with E-state index in [1.165, 1.54) is 16.4 Å².